The topological polar surface area (TPSA) is 97.4 Å². The van der Waals surface area contributed by atoms with Crippen LogP contribution in [0, 0.1) is 6.92 Å². The quantitative estimate of drug-likeness (QED) is 0.388. The highest BCUT2D eigenvalue weighted by atomic mass is 16.4. The van der Waals surface area contributed by atoms with Gasteiger partial charge in [0.1, 0.15) is 17.8 Å². The fraction of sp³-hybridized carbons (Fsp3) is 0.296. The summed E-state index contributed by atoms with van der Waals surface area (Å²) in [5, 5.41) is 14.1. The highest BCUT2D eigenvalue weighted by Crippen LogP contribution is 2.50. The Morgan fingerprint density at radius 2 is 2.00 bits per heavy atom. The van der Waals surface area contributed by atoms with Crippen molar-refractivity contribution in [3.8, 4) is 0 Å². The molecule has 2 aromatic heterocycles. The number of H-pyrrole nitrogens is 1. The van der Waals surface area contributed by atoms with Gasteiger partial charge in [-0.25, -0.2) is 14.8 Å². The molecule has 3 N–H and O–H groups in total. The number of fused-ring (bicyclic) bond motifs is 3. The molecule has 4 heterocycles. The smallest absolute Gasteiger partial charge is 0.407 e. The number of rotatable bonds is 4. The lowest BCUT2D eigenvalue weighted by Gasteiger charge is -2.39. The van der Waals surface area contributed by atoms with Crippen molar-refractivity contribution in [1.29, 1.82) is 0 Å². The SMILES string of the molecule is Cc1cccc(CNc2ccc3c(c2)C2(CCN(C(=O)O)CC2)CN3c2ncnc3[nH]ccc23)c1. The third kappa shape index (κ3) is 3.75. The molecule has 0 saturated carbocycles. The van der Waals surface area contributed by atoms with Crippen LogP contribution in [0.15, 0.2) is 61.1 Å². The van der Waals surface area contributed by atoms with E-state index in [1.54, 1.807) is 6.33 Å². The molecule has 1 fully saturated rings. The van der Waals surface area contributed by atoms with Gasteiger partial charge in [-0.1, -0.05) is 29.8 Å². The molecule has 0 aliphatic carbocycles. The number of benzene rings is 2. The van der Waals surface area contributed by atoms with Crippen molar-refractivity contribution < 1.29 is 9.90 Å². The minimum absolute atomic E-state index is 0.129. The van der Waals surface area contributed by atoms with E-state index in [9.17, 15) is 9.90 Å². The van der Waals surface area contributed by atoms with Crippen molar-refractivity contribution >= 4 is 34.3 Å². The van der Waals surface area contributed by atoms with Crippen LogP contribution in [0.1, 0.15) is 29.5 Å². The van der Waals surface area contributed by atoms with Crippen LogP contribution in [-0.4, -0.2) is 50.7 Å². The zero-order valence-corrected chi connectivity index (χ0v) is 19.7. The summed E-state index contributed by atoms with van der Waals surface area (Å²) < 4.78 is 0. The van der Waals surface area contributed by atoms with Crippen LogP contribution < -0.4 is 10.2 Å². The van der Waals surface area contributed by atoms with Gasteiger partial charge in [0, 0.05) is 49.2 Å². The summed E-state index contributed by atoms with van der Waals surface area (Å²) in [5.41, 5.74) is 6.65. The van der Waals surface area contributed by atoms with Crippen molar-refractivity contribution in [2.75, 3.05) is 29.9 Å². The summed E-state index contributed by atoms with van der Waals surface area (Å²) in [4.78, 5) is 27.6. The van der Waals surface area contributed by atoms with Crippen molar-refractivity contribution in [3.63, 3.8) is 0 Å². The number of aromatic nitrogens is 3. The molecule has 6 rings (SSSR count). The molecule has 0 unspecified atom stereocenters. The Balaban J connectivity index is 1.37. The van der Waals surface area contributed by atoms with Gasteiger partial charge in [-0.2, -0.15) is 0 Å². The summed E-state index contributed by atoms with van der Waals surface area (Å²) in [5.74, 6) is 0.885. The standard InChI is InChI=1S/C27H28N6O2/c1-18-3-2-4-19(13-18)15-29-20-5-6-23-22(14-20)27(8-11-32(12-9-27)26(34)35)16-33(23)25-21-7-10-28-24(21)30-17-31-25/h2-7,10,13-14,17,29H,8-9,11-12,15-16H2,1H3,(H,34,35)(H,28,30,31). The summed E-state index contributed by atoms with van der Waals surface area (Å²) >= 11 is 0. The number of anilines is 3. The van der Waals surface area contributed by atoms with Crippen LogP contribution in [-0.2, 0) is 12.0 Å². The second kappa shape index (κ2) is 8.30. The lowest BCUT2D eigenvalue weighted by atomic mass is 9.74. The molecule has 4 aromatic rings. The predicted octanol–water partition coefficient (Wildman–Crippen LogP) is 5.04. The number of hydrogen-bond donors (Lipinski definition) is 3. The van der Waals surface area contributed by atoms with Gasteiger partial charge < -0.3 is 25.2 Å². The van der Waals surface area contributed by atoms with Crippen LogP contribution >= 0.6 is 0 Å². The molecule has 1 amide bonds. The molecule has 0 bridgehead atoms. The average molecular weight is 469 g/mol. The van der Waals surface area contributed by atoms with E-state index in [1.807, 2.05) is 12.3 Å². The molecule has 1 saturated heterocycles. The normalized spacial score (nSPS) is 16.6. The molecule has 2 aliphatic heterocycles. The van der Waals surface area contributed by atoms with Crippen molar-refractivity contribution in [2.24, 2.45) is 0 Å². The zero-order chi connectivity index (χ0) is 24.0. The van der Waals surface area contributed by atoms with Crippen molar-refractivity contribution in [1.82, 2.24) is 19.9 Å². The largest absolute Gasteiger partial charge is 0.465 e. The lowest BCUT2D eigenvalue weighted by molar-refractivity contribution is 0.119. The van der Waals surface area contributed by atoms with Gasteiger partial charge >= 0.3 is 6.09 Å². The second-order valence-electron chi connectivity index (χ2n) is 9.65. The molecule has 1 spiro atoms. The first-order valence-corrected chi connectivity index (χ1v) is 12.0. The lowest BCUT2D eigenvalue weighted by Crippen LogP contribution is -2.46. The Hall–Kier alpha value is -4.07. The number of aromatic amines is 1. The Morgan fingerprint density at radius 1 is 1.14 bits per heavy atom. The van der Waals surface area contributed by atoms with E-state index in [0.717, 1.165) is 54.2 Å². The maximum Gasteiger partial charge on any atom is 0.407 e. The monoisotopic (exact) mass is 468 g/mol. The first-order valence-electron chi connectivity index (χ1n) is 12.0. The fourth-order valence-corrected chi connectivity index (χ4v) is 5.62. The number of carbonyl (C=O) groups is 1. The van der Waals surface area contributed by atoms with Crippen LogP contribution in [0.2, 0.25) is 0 Å². The number of amides is 1. The predicted molar refractivity (Wildman–Crippen MR) is 136 cm³/mol. The molecule has 0 atom stereocenters. The second-order valence-corrected chi connectivity index (χ2v) is 9.65. The molecular weight excluding hydrogens is 440 g/mol. The van der Waals surface area contributed by atoms with Gasteiger partial charge in [0.05, 0.1) is 5.39 Å². The molecule has 2 aromatic carbocycles. The van der Waals surface area contributed by atoms with E-state index < -0.39 is 6.09 Å². The average Bonchev–Trinajstić information content (AvgIpc) is 3.46. The minimum atomic E-state index is -0.840. The number of likely N-dealkylation sites (tertiary alicyclic amines) is 1. The summed E-state index contributed by atoms with van der Waals surface area (Å²) in [6.07, 6.45) is 4.22. The Kier molecular flexibility index (Phi) is 5.09. The highest BCUT2D eigenvalue weighted by Gasteiger charge is 2.46. The number of carboxylic acid groups (broad SMARTS) is 1. The molecule has 2 aliphatic rings. The van der Waals surface area contributed by atoms with Gasteiger partial charge in [0.2, 0.25) is 0 Å². The van der Waals surface area contributed by atoms with Crippen LogP contribution in [0.3, 0.4) is 0 Å². The number of nitrogens with one attached hydrogen (secondary N) is 2. The first-order chi connectivity index (χ1) is 17.0. The Labute approximate surface area is 203 Å². The molecular formula is C27H28N6O2. The van der Waals surface area contributed by atoms with E-state index in [-0.39, 0.29) is 5.41 Å². The summed E-state index contributed by atoms with van der Waals surface area (Å²) in [6, 6.07) is 17.1. The maximum atomic E-state index is 11.6. The van der Waals surface area contributed by atoms with Crippen LogP contribution in [0.25, 0.3) is 11.0 Å². The van der Waals surface area contributed by atoms with Crippen LogP contribution in [0.4, 0.5) is 22.0 Å². The van der Waals surface area contributed by atoms with E-state index in [1.165, 1.54) is 21.6 Å². The summed E-state index contributed by atoms with van der Waals surface area (Å²) in [6.45, 7) is 4.70. The van der Waals surface area contributed by atoms with Gasteiger partial charge in [-0.05, 0) is 55.2 Å². The third-order valence-corrected chi connectivity index (χ3v) is 7.48. The van der Waals surface area contributed by atoms with E-state index in [2.05, 4.69) is 74.6 Å². The molecule has 0 radical (unpaired) electrons. The van der Waals surface area contributed by atoms with Crippen molar-refractivity contribution in [2.45, 2.75) is 31.7 Å². The molecule has 8 heteroatoms. The first kappa shape index (κ1) is 21.5. The maximum absolute atomic E-state index is 11.6. The molecule has 35 heavy (non-hydrogen) atoms. The van der Waals surface area contributed by atoms with Gasteiger partial charge in [-0.3, -0.25) is 0 Å². The molecule has 8 nitrogen and oxygen atoms in total. The minimum Gasteiger partial charge on any atom is -0.465 e. The van der Waals surface area contributed by atoms with E-state index >= 15 is 0 Å². The number of nitrogens with zero attached hydrogens (tertiary/aromatic N) is 4. The van der Waals surface area contributed by atoms with E-state index in [4.69, 9.17) is 0 Å². The summed E-state index contributed by atoms with van der Waals surface area (Å²) in [7, 11) is 0. The van der Waals surface area contributed by atoms with Gasteiger partial charge in [0.15, 0.2) is 0 Å². The van der Waals surface area contributed by atoms with Crippen molar-refractivity contribution in [3.05, 3.63) is 77.7 Å². The number of aryl methyl sites for hydroxylation is 1. The number of hydrogen-bond acceptors (Lipinski definition) is 5. The third-order valence-electron chi connectivity index (χ3n) is 7.48. The Bertz CT molecular complexity index is 1410. The fourth-order valence-electron chi connectivity index (χ4n) is 5.62. The number of piperidine rings is 1. The van der Waals surface area contributed by atoms with Gasteiger partial charge in [-0.15, -0.1) is 0 Å². The highest BCUT2D eigenvalue weighted by molar-refractivity contribution is 5.91. The Morgan fingerprint density at radius 3 is 2.80 bits per heavy atom. The van der Waals surface area contributed by atoms with E-state index in [0.29, 0.717) is 13.1 Å². The zero-order valence-electron chi connectivity index (χ0n) is 19.7. The van der Waals surface area contributed by atoms with Gasteiger partial charge in [0.25, 0.3) is 0 Å². The molecule has 178 valence electrons. The van der Waals surface area contributed by atoms with Crippen LogP contribution in [0.5, 0.6) is 0 Å².